The number of likely N-dealkylation sites (N-methyl/N-ethyl adjacent to an activating group) is 1. The third-order valence-electron chi connectivity index (χ3n) is 4.32. The Hall–Kier alpha value is -1.28. The third kappa shape index (κ3) is 3.47. The summed E-state index contributed by atoms with van der Waals surface area (Å²) in [5.74, 6) is 1.77. The Kier molecular flexibility index (Phi) is 5.11. The van der Waals surface area contributed by atoms with Crippen LogP contribution in [-0.2, 0) is 11.3 Å². The van der Waals surface area contributed by atoms with Gasteiger partial charge in [-0.15, -0.1) is 11.3 Å². The van der Waals surface area contributed by atoms with Crippen molar-refractivity contribution in [3.63, 3.8) is 0 Å². The first kappa shape index (κ1) is 16.6. The number of nitrogens with zero attached hydrogens (tertiary/aromatic N) is 4. The van der Waals surface area contributed by atoms with Crippen LogP contribution < -0.4 is 4.90 Å². The Morgan fingerprint density at radius 2 is 2.00 bits per heavy atom. The molecule has 3 rings (SSSR count). The fourth-order valence-electron chi connectivity index (χ4n) is 2.83. The quantitative estimate of drug-likeness (QED) is 0.894. The highest BCUT2D eigenvalue weighted by molar-refractivity contribution is 7.18. The number of aromatic nitrogens is 2. The maximum atomic E-state index is 9.27. The molecule has 0 unspecified atom stereocenters. The van der Waals surface area contributed by atoms with Crippen molar-refractivity contribution in [3.05, 3.63) is 16.3 Å². The number of morpholine rings is 1. The Morgan fingerprint density at radius 3 is 2.70 bits per heavy atom. The number of aryl methyl sites for hydroxylation is 2. The van der Waals surface area contributed by atoms with Gasteiger partial charge in [-0.2, -0.15) is 0 Å². The Morgan fingerprint density at radius 1 is 1.26 bits per heavy atom. The standard InChI is InChI=1S/C16H24N4O2S/c1-11-12(2)23-16-14(11)15(19(3)4-7-21)17-13(18-16)10-20-5-8-22-9-6-20/h21H,4-10H2,1-3H3. The van der Waals surface area contributed by atoms with Gasteiger partial charge in [-0.1, -0.05) is 0 Å². The number of hydrogen-bond acceptors (Lipinski definition) is 7. The molecule has 0 aromatic carbocycles. The minimum atomic E-state index is 0.114. The predicted octanol–water partition coefficient (Wildman–Crippen LogP) is 1.57. The number of fused-ring (bicyclic) bond motifs is 1. The fourth-order valence-corrected chi connectivity index (χ4v) is 3.88. The van der Waals surface area contributed by atoms with E-state index in [1.165, 1.54) is 10.4 Å². The number of aliphatic hydroxyl groups excluding tert-OH is 1. The van der Waals surface area contributed by atoms with Crippen molar-refractivity contribution in [2.75, 3.05) is 51.4 Å². The second-order valence-electron chi connectivity index (χ2n) is 5.96. The molecular formula is C16H24N4O2S. The average molecular weight is 336 g/mol. The molecule has 1 saturated heterocycles. The minimum Gasteiger partial charge on any atom is -0.395 e. The van der Waals surface area contributed by atoms with Crippen LogP contribution in [0.4, 0.5) is 5.82 Å². The van der Waals surface area contributed by atoms with Crippen molar-refractivity contribution in [1.82, 2.24) is 14.9 Å². The number of ether oxygens (including phenoxy) is 1. The molecule has 23 heavy (non-hydrogen) atoms. The van der Waals surface area contributed by atoms with Crippen LogP contribution >= 0.6 is 11.3 Å². The molecule has 7 heteroatoms. The van der Waals surface area contributed by atoms with Crippen LogP contribution in [0.25, 0.3) is 10.2 Å². The lowest BCUT2D eigenvalue weighted by Gasteiger charge is -2.26. The molecule has 0 bridgehead atoms. The number of rotatable bonds is 5. The molecule has 126 valence electrons. The maximum absolute atomic E-state index is 9.27. The maximum Gasteiger partial charge on any atom is 0.146 e. The lowest BCUT2D eigenvalue weighted by Crippen LogP contribution is -2.36. The number of anilines is 1. The van der Waals surface area contributed by atoms with Gasteiger partial charge in [0.05, 0.1) is 31.8 Å². The van der Waals surface area contributed by atoms with Gasteiger partial charge in [0.15, 0.2) is 0 Å². The van der Waals surface area contributed by atoms with Crippen molar-refractivity contribution in [1.29, 1.82) is 0 Å². The van der Waals surface area contributed by atoms with Gasteiger partial charge in [0.25, 0.3) is 0 Å². The first-order valence-electron chi connectivity index (χ1n) is 7.99. The largest absolute Gasteiger partial charge is 0.395 e. The lowest BCUT2D eigenvalue weighted by molar-refractivity contribution is 0.0331. The van der Waals surface area contributed by atoms with Crippen LogP contribution in [-0.4, -0.2) is 66.5 Å². The molecule has 2 aromatic heterocycles. The Bertz CT molecular complexity index is 682. The zero-order valence-electron chi connectivity index (χ0n) is 14.0. The number of thiophene rings is 1. The summed E-state index contributed by atoms with van der Waals surface area (Å²) in [6, 6.07) is 0. The van der Waals surface area contributed by atoms with E-state index >= 15 is 0 Å². The van der Waals surface area contributed by atoms with Gasteiger partial charge in [0, 0.05) is 31.6 Å². The van der Waals surface area contributed by atoms with Crippen LogP contribution in [0.5, 0.6) is 0 Å². The van der Waals surface area contributed by atoms with E-state index in [0.717, 1.165) is 54.7 Å². The zero-order chi connectivity index (χ0) is 16.4. The van der Waals surface area contributed by atoms with E-state index in [1.54, 1.807) is 11.3 Å². The summed E-state index contributed by atoms with van der Waals surface area (Å²) in [6.07, 6.45) is 0. The molecule has 0 atom stereocenters. The molecule has 2 aromatic rings. The van der Waals surface area contributed by atoms with E-state index < -0.39 is 0 Å². The van der Waals surface area contributed by atoms with E-state index in [2.05, 4.69) is 18.7 Å². The van der Waals surface area contributed by atoms with Crippen LogP contribution in [0.3, 0.4) is 0 Å². The highest BCUT2D eigenvalue weighted by Gasteiger charge is 2.19. The van der Waals surface area contributed by atoms with Crippen LogP contribution in [0.15, 0.2) is 0 Å². The molecule has 1 fully saturated rings. The number of hydrogen-bond donors (Lipinski definition) is 1. The van der Waals surface area contributed by atoms with Crippen molar-refractivity contribution >= 4 is 27.4 Å². The summed E-state index contributed by atoms with van der Waals surface area (Å²) in [6.45, 7) is 9.06. The molecule has 1 aliphatic heterocycles. The first-order chi connectivity index (χ1) is 11.1. The van der Waals surface area contributed by atoms with Gasteiger partial charge in [0.1, 0.15) is 16.5 Å². The molecule has 1 aliphatic rings. The lowest BCUT2D eigenvalue weighted by atomic mass is 10.2. The summed E-state index contributed by atoms with van der Waals surface area (Å²) in [5, 5.41) is 10.4. The van der Waals surface area contributed by atoms with E-state index in [9.17, 15) is 5.11 Å². The fraction of sp³-hybridized carbons (Fsp3) is 0.625. The first-order valence-corrected chi connectivity index (χ1v) is 8.80. The SMILES string of the molecule is Cc1sc2nc(CN3CCOCC3)nc(N(C)CCO)c2c1C. The number of aliphatic hydroxyl groups is 1. The van der Waals surface area contributed by atoms with Gasteiger partial charge in [-0.25, -0.2) is 9.97 Å². The molecule has 1 N–H and O–H groups in total. The molecule has 0 aliphatic carbocycles. The van der Waals surface area contributed by atoms with E-state index in [-0.39, 0.29) is 6.61 Å². The van der Waals surface area contributed by atoms with Gasteiger partial charge in [0.2, 0.25) is 0 Å². The summed E-state index contributed by atoms with van der Waals surface area (Å²) >= 11 is 1.72. The summed E-state index contributed by atoms with van der Waals surface area (Å²) < 4.78 is 5.40. The average Bonchev–Trinajstić information content (AvgIpc) is 2.82. The van der Waals surface area contributed by atoms with E-state index in [0.29, 0.717) is 6.54 Å². The van der Waals surface area contributed by atoms with Gasteiger partial charge in [-0.3, -0.25) is 4.90 Å². The smallest absolute Gasteiger partial charge is 0.146 e. The second-order valence-corrected chi connectivity index (χ2v) is 7.16. The van der Waals surface area contributed by atoms with E-state index in [4.69, 9.17) is 14.7 Å². The Labute approximate surface area is 140 Å². The van der Waals surface area contributed by atoms with Crippen molar-refractivity contribution < 1.29 is 9.84 Å². The van der Waals surface area contributed by atoms with Crippen LogP contribution in [0.2, 0.25) is 0 Å². The minimum absolute atomic E-state index is 0.114. The van der Waals surface area contributed by atoms with Crippen LogP contribution in [0.1, 0.15) is 16.3 Å². The van der Waals surface area contributed by atoms with Crippen molar-refractivity contribution in [3.8, 4) is 0 Å². The molecule has 3 heterocycles. The van der Waals surface area contributed by atoms with E-state index in [1.807, 2.05) is 11.9 Å². The van der Waals surface area contributed by atoms with Crippen molar-refractivity contribution in [2.24, 2.45) is 0 Å². The molecule has 0 radical (unpaired) electrons. The molecule has 0 spiro atoms. The zero-order valence-corrected chi connectivity index (χ0v) is 14.8. The van der Waals surface area contributed by atoms with Gasteiger partial charge >= 0.3 is 0 Å². The molecule has 0 amide bonds. The normalized spacial score (nSPS) is 16.2. The van der Waals surface area contributed by atoms with Gasteiger partial charge < -0.3 is 14.7 Å². The summed E-state index contributed by atoms with van der Waals surface area (Å²) in [5.41, 5.74) is 1.24. The van der Waals surface area contributed by atoms with Crippen molar-refractivity contribution in [2.45, 2.75) is 20.4 Å². The monoisotopic (exact) mass is 336 g/mol. The van der Waals surface area contributed by atoms with Gasteiger partial charge in [-0.05, 0) is 19.4 Å². The second kappa shape index (κ2) is 7.09. The molecular weight excluding hydrogens is 312 g/mol. The summed E-state index contributed by atoms with van der Waals surface area (Å²) in [4.78, 5) is 16.3. The van der Waals surface area contributed by atoms with Crippen LogP contribution in [0, 0.1) is 13.8 Å². The third-order valence-corrected chi connectivity index (χ3v) is 5.42. The Balaban J connectivity index is 1.98. The predicted molar refractivity (Wildman–Crippen MR) is 93.3 cm³/mol. The highest BCUT2D eigenvalue weighted by atomic mass is 32.1. The molecule has 0 saturated carbocycles. The topological polar surface area (TPSA) is 61.7 Å². The highest BCUT2D eigenvalue weighted by Crippen LogP contribution is 2.34. The summed E-state index contributed by atoms with van der Waals surface area (Å²) in [7, 11) is 1.98. The molecule has 6 nitrogen and oxygen atoms in total.